The largest absolute Gasteiger partial charge is 0.377 e. The number of nitrogens with zero attached hydrogens (tertiary/aromatic N) is 2. The lowest BCUT2D eigenvalue weighted by molar-refractivity contribution is 0.0343. The first kappa shape index (κ1) is 13.1. The zero-order valence-corrected chi connectivity index (χ0v) is 11.1. The molecule has 7 heteroatoms. The second-order valence-electron chi connectivity index (χ2n) is 3.85. The lowest BCUT2D eigenvalue weighted by Crippen LogP contribution is -2.32. The van der Waals surface area contributed by atoms with Gasteiger partial charge in [0.1, 0.15) is 16.6 Å². The monoisotopic (exact) mass is 289 g/mol. The van der Waals surface area contributed by atoms with Gasteiger partial charge in [0.05, 0.1) is 5.60 Å². The number of nitrogens with one attached hydrogen (secondary N) is 2. The van der Waals surface area contributed by atoms with E-state index in [1.54, 1.807) is 7.11 Å². The maximum absolute atomic E-state index is 5.30. The molecule has 0 fully saturated rings. The Bertz CT molecular complexity index is 358. The fourth-order valence-electron chi connectivity index (χ4n) is 0.962. The van der Waals surface area contributed by atoms with Gasteiger partial charge in [-0.25, -0.2) is 15.8 Å². The molecule has 1 rings (SSSR count). The molecule has 1 heterocycles. The van der Waals surface area contributed by atoms with Gasteiger partial charge in [-0.15, -0.1) is 0 Å². The Kier molecular flexibility index (Phi) is 4.45. The van der Waals surface area contributed by atoms with E-state index >= 15 is 0 Å². The molecule has 6 nitrogen and oxygen atoms in total. The van der Waals surface area contributed by atoms with E-state index in [0.29, 0.717) is 22.7 Å². The summed E-state index contributed by atoms with van der Waals surface area (Å²) in [7, 11) is 1.67. The Morgan fingerprint density at radius 2 is 2.06 bits per heavy atom. The molecule has 0 radical (unpaired) electrons. The molecule has 90 valence electrons. The number of hydrazine groups is 1. The van der Waals surface area contributed by atoms with Crippen molar-refractivity contribution in [3.63, 3.8) is 0 Å². The number of anilines is 2. The van der Waals surface area contributed by atoms with Crippen LogP contribution in [-0.4, -0.2) is 29.2 Å². The van der Waals surface area contributed by atoms with Crippen LogP contribution in [0.4, 0.5) is 11.6 Å². The van der Waals surface area contributed by atoms with Gasteiger partial charge in [0.2, 0.25) is 0 Å². The van der Waals surface area contributed by atoms with Gasteiger partial charge < -0.3 is 15.5 Å². The van der Waals surface area contributed by atoms with E-state index in [4.69, 9.17) is 10.6 Å². The average molecular weight is 290 g/mol. The van der Waals surface area contributed by atoms with Crippen LogP contribution < -0.4 is 16.6 Å². The molecular weight excluding hydrogens is 274 g/mol. The van der Waals surface area contributed by atoms with Crippen molar-refractivity contribution in [3.05, 3.63) is 10.8 Å². The number of halogens is 1. The standard InChI is InChI=1S/C9H16BrN5O/c1-9(2,16-3)4-12-7-6(10)8(15-11)14-5-13-7/h5H,4,11H2,1-3H3,(H2,12,13,14,15). The summed E-state index contributed by atoms with van der Waals surface area (Å²) in [5.41, 5.74) is 2.21. The number of aromatic nitrogens is 2. The van der Waals surface area contributed by atoms with Crippen LogP contribution in [0.25, 0.3) is 0 Å². The van der Waals surface area contributed by atoms with Crippen molar-refractivity contribution in [2.45, 2.75) is 19.4 Å². The zero-order valence-electron chi connectivity index (χ0n) is 9.54. The highest BCUT2D eigenvalue weighted by Crippen LogP contribution is 2.26. The molecule has 0 aromatic carbocycles. The van der Waals surface area contributed by atoms with E-state index in [1.807, 2.05) is 13.8 Å². The molecule has 0 saturated heterocycles. The summed E-state index contributed by atoms with van der Waals surface area (Å²) >= 11 is 3.36. The number of nitrogens with two attached hydrogens (primary N) is 1. The van der Waals surface area contributed by atoms with Crippen LogP contribution in [0, 0.1) is 0 Å². The van der Waals surface area contributed by atoms with E-state index in [0.717, 1.165) is 0 Å². The van der Waals surface area contributed by atoms with Crippen molar-refractivity contribution >= 4 is 27.6 Å². The van der Waals surface area contributed by atoms with E-state index in [1.165, 1.54) is 6.33 Å². The van der Waals surface area contributed by atoms with Gasteiger partial charge in [-0.1, -0.05) is 0 Å². The fourth-order valence-corrected chi connectivity index (χ4v) is 1.42. The molecule has 0 saturated carbocycles. The van der Waals surface area contributed by atoms with Crippen LogP contribution in [0.3, 0.4) is 0 Å². The smallest absolute Gasteiger partial charge is 0.159 e. The van der Waals surface area contributed by atoms with Crippen molar-refractivity contribution in [1.82, 2.24) is 9.97 Å². The Hall–Kier alpha value is -0.920. The van der Waals surface area contributed by atoms with Crippen LogP contribution in [0.1, 0.15) is 13.8 Å². The maximum atomic E-state index is 5.30. The third kappa shape index (κ3) is 3.29. The van der Waals surface area contributed by atoms with Crippen LogP contribution in [-0.2, 0) is 4.74 Å². The number of methoxy groups -OCH3 is 1. The van der Waals surface area contributed by atoms with Crippen molar-refractivity contribution < 1.29 is 4.74 Å². The van der Waals surface area contributed by atoms with Gasteiger partial charge in [0, 0.05) is 13.7 Å². The average Bonchev–Trinajstić information content (AvgIpc) is 2.28. The molecule has 4 N–H and O–H groups in total. The number of hydrogen-bond donors (Lipinski definition) is 3. The SMILES string of the molecule is COC(C)(C)CNc1ncnc(NN)c1Br. The van der Waals surface area contributed by atoms with E-state index in [2.05, 4.69) is 36.6 Å². The Morgan fingerprint density at radius 1 is 1.44 bits per heavy atom. The molecule has 16 heavy (non-hydrogen) atoms. The summed E-state index contributed by atoms with van der Waals surface area (Å²) in [5.74, 6) is 6.51. The third-order valence-corrected chi connectivity index (χ3v) is 2.91. The van der Waals surface area contributed by atoms with Crippen LogP contribution in [0.15, 0.2) is 10.8 Å². The highest BCUT2D eigenvalue weighted by Gasteiger charge is 2.17. The molecule has 0 aliphatic heterocycles. The lowest BCUT2D eigenvalue weighted by atomic mass is 10.1. The number of rotatable bonds is 5. The highest BCUT2D eigenvalue weighted by atomic mass is 79.9. The van der Waals surface area contributed by atoms with Crippen molar-refractivity contribution in [2.24, 2.45) is 5.84 Å². The first-order valence-electron chi connectivity index (χ1n) is 4.76. The van der Waals surface area contributed by atoms with Crippen molar-refractivity contribution in [1.29, 1.82) is 0 Å². The van der Waals surface area contributed by atoms with E-state index in [9.17, 15) is 0 Å². The fraction of sp³-hybridized carbons (Fsp3) is 0.556. The van der Waals surface area contributed by atoms with Gasteiger partial charge in [-0.3, -0.25) is 0 Å². The Labute approximate surface area is 103 Å². The molecular formula is C9H16BrN5O. The molecule has 0 bridgehead atoms. The van der Waals surface area contributed by atoms with Gasteiger partial charge in [0.15, 0.2) is 5.82 Å². The lowest BCUT2D eigenvalue weighted by Gasteiger charge is -2.23. The summed E-state index contributed by atoms with van der Waals surface area (Å²) in [6.45, 7) is 4.59. The molecule has 0 amide bonds. The van der Waals surface area contributed by atoms with Crippen LogP contribution >= 0.6 is 15.9 Å². The molecule has 0 unspecified atom stereocenters. The first-order valence-corrected chi connectivity index (χ1v) is 5.55. The maximum Gasteiger partial charge on any atom is 0.159 e. The van der Waals surface area contributed by atoms with Gasteiger partial charge in [-0.05, 0) is 29.8 Å². The minimum absolute atomic E-state index is 0.263. The van der Waals surface area contributed by atoms with E-state index in [-0.39, 0.29) is 5.60 Å². The number of ether oxygens (including phenoxy) is 1. The Balaban J connectivity index is 2.75. The Morgan fingerprint density at radius 3 is 2.62 bits per heavy atom. The van der Waals surface area contributed by atoms with E-state index < -0.39 is 0 Å². The minimum Gasteiger partial charge on any atom is -0.377 e. The van der Waals surface area contributed by atoms with Crippen molar-refractivity contribution in [3.8, 4) is 0 Å². The normalized spacial score (nSPS) is 11.3. The third-order valence-electron chi connectivity index (χ3n) is 2.16. The van der Waals surface area contributed by atoms with Gasteiger partial charge in [0.25, 0.3) is 0 Å². The second-order valence-corrected chi connectivity index (χ2v) is 4.64. The van der Waals surface area contributed by atoms with Crippen molar-refractivity contribution in [2.75, 3.05) is 24.4 Å². The van der Waals surface area contributed by atoms with Crippen LogP contribution in [0.2, 0.25) is 0 Å². The van der Waals surface area contributed by atoms with Crippen LogP contribution in [0.5, 0.6) is 0 Å². The molecule has 0 atom stereocenters. The summed E-state index contributed by atoms with van der Waals surface area (Å²) in [5, 5.41) is 3.16. The molecule has 1 aromatic heterocycles. The summed E-state index contributed by atoms with van der Waals surface area (Å²) in [4.78, 5) is 8.06. The molecule has 0 aliphatic carbocycles. The molecule has 0 aliphatic rings. The summed E-state index contributed by atoms with van der Waals surface area (Å²) < 4.78 is 5.99. The summed E-state index contributed by atoms with van der Waals surface area (Å²) in [6, 6.07) is 0. The highest BCUT2D eigenvalue weighted by molar-refractivity contribution is 9.10. The number of hydrogen-bond acceptors (Lipinski definition) is 6. The van der Waals surface area contributed by atoms with Gasteiger partial charge >= 0.3 is 0 Å². The predicted molar refractivity (Wildman–Crippen MR) is 67.1 cm³/mol. The van der Waals surface area contributed by atoms with Gasteiger partial charge in [-0.2, -0.15) is 0 Å². The summed E-state index contributed by atoms with van der Waals surface area (Å²) in [6.07, 6.45) is 1.43. The first-order chi connectivity index (χ1) is 7.50. The minimum atomic E-state index is -0.263. The zero-order chi connectivity index (χ0) is 12.2. The second kappa shape index (κ2) is 5.42. The molecule has 0 spiro atoms. The predicted octanol–water partition coefficient (Wildman–Crippen LogP) is 1.36. The quantitative estimate of drug-likeness (QED) is 0.561. The number of nitrogen functional groups attached to an aromatic ring is 1. The topological polar surface area (TPSA) is 85.1 Å². The molecule has 1 aromatic rings.